The van der Waals surface area contributed by atoms with Crippen molar-refractivity contribution in [3.63, 3.8) is 0 Å². The first-order valence-corrected chi connectivity index (χ1v) is 6.55. The van der Waals surface area contributed by atoms with E-state index in [0.29, 0.717) is 18.7 Å². The number of urea groups is 1. The molecule has 1 aliphatic rings. The van der Waals surface area contributed by atoms with Crippen molar-refractivity contribution < 1.29 is 18.0 Å². The maximum absolute atomic E-state index is 12.7. The van der Waals surface area contributed by atoms with E-state index in [1.54, 1.807) is 18.2 Å². The number of carbonyl (C=O) groups is 1. The Labute approximate surface area is 115 Å². The number of anilines is 1. The third-order valence-electron chi connectivity index (χ3n) is 3.44. The lowest BCUT2D eigenvalue weighted by atomic mass is 9.98. The van der Waals surface area contributed by atoms with Crippen LogP contribution in [0, 0.1) is 12.8 Å². The molecule has 1 aromatic carbocycles. The highest BCUT2D eigenvalue weighted by Gasteiger charge is 2.42. The lowest BCUT2D eigenvalue weighted by molar-refractivity contribution is -0.183. The number of nitrogens with one attached hydrogen (secondary N) is 1. The van der Waals surface area contributed by atoms with Crippen LogP contribution in [0.25, 0.3) is 0 Å². The number of benzene rings is 1. The molecule has 2 amide bonds. The molecule has 1 heterocycles. The first-order chi connectivity index (χ1) is 9.36. The third-order valence-corrected chi connectivity index (χ3v) is 3.44. The second-order valence-electron chi connectivity index (χ2n) is 5.13. The number of amides is 2. The Kier molecular flexibility index (Phi) is 4.20. The topological polar surface area (TPSA) is 32.3 Å². The summed E-state index contributed by atoms with van der Waals surface area (Å²) in [6.07, 6.45) is -3.76. The maximum Gasteiger partial charge on any atom is 0.393 e. The molecule has 0 radical (unpaired) electrons. The predicted molar refractivity (Wildman–Crippen MR) is 70.5 cm³/mol. The van der Waals surface area contributed by atoms with Crippen LogP contribution in [0.5, 0.6) is 0 Å². The van der Waals surface area contributed by atoms with Gasteiger partial charge in [-0.2, -0.15) is 13.2 Å². The van der Waals surface area contributed by atoms with E-state index < -0.39 is 18.1 Å². The Hall–Kier alpha value is -1.72. The van der Waals surface area contributed by atoms with Crippen LogP contribution < -0.4 is 5.32 Å². The van der Waals surface area contributed by atoms with Crippen molar-refractivity contribution >= 4 is 11.7 Å². The molecule has 1 aromatic rings. The van der Waals surface area contributed by atoms with Crippen LogP contribution in [-0.4, -0.2) is 30.2 Å². The molecule has 1 saturated heterocycles. The van der Waals surface area contributed by atoms with E-state index in [-0.39, 0.29) is 13.0 Å². The molecule has 1 unspecified atom stereocenters. The van der Waals surface area contributed by atoms with Gasteiger partial charge in [-0.05, 0) is 37.5 Å². The fraction of sp³-hybridized carbons (Fsp3) is 0.500. The lowest BCUT2D eigenvalue weighted by Crippen LogP contribution is -2.46. The SMILES string of the molecule is Cc1cccc(NC(=O)N2CCCC(C(F)(F)F)C2)c1. The highest BCUT2D eigenvalue weighted by molar-refractivity contribution is 5.89. The summed E-state index contributed by atoms with van der Waals surface area (Å²) in [7, 11) is 0. The van der Waals surface area contributed by atoms with Crippen LogP contribution in [0.1, 0.15) is 18.4 Å². The van der Waals surface area contributed by atoms with Crippen molar-refractivity contribution in [2.24, 2.45) is 5.92 Å². The van der Waals surface area contributed by atoms with Crippen LogP contribution in [0.15, 0.2) is 24.3 Å². The smallest absolute Gasteiger partial charge is 0.324 e. The molecule has 0 spiro atoms. The molecule has 2 rings (SSSR count). The van der Waals surface area contributed by atoms with Crippen molar-refractivity contribution in [2.75, 3.05) is 18.4 Å². The van der Waals surface area contributed by atoms with E-state index in [2.05, 4.69) is 5.32 Å². The Morgan fingerprint density at radius 3 is 2.80 bits per heavy atom. The second-order valence-corrected chi connectivity index (χ2v) is 5.13. The van der Waals surface area contributed by atoms with Gasteiger partial charge in [0.05, 0.1) is 5.92 Å². The Morgan fingerprint density at radius 1 is 1.40 bits per heavy atom. The third kappa shape index (κ3) is 3.65. The maximum atomic E-state index is 12.7. The number of hydrogen-bond acceptors (Lipinski definition) is 1. The van der Waals surface area contributed by atoms with Crippen LogP contribution >= 0.6 is 0 Å². The number of piperidine rings is 1. The summed E-state index contributed by atoms with van der Waals surface area (Å²) in [6.45, 7) is 1.99. The molecular weight excluding hydrogens is 269 g/mol. The van der Waals surface area contributed by atoms with E-state index in [1.165, 1.54) is 4.90 Å². The zero-order valence-electron chi connectivity index (χ0n) is 11.2. The summed E-state index contributed by atoms with van der Waals surface area (Å²) < 4.78 is 38.1. The van der Waals surface area contributed by atoms with Gasteiger partial charge < -0.3 is 10.2 Å². The number of carbonyl (C=O) groups excluding carboxylic acids is 1. The molecular formula is C14H17F3N2O. The molecule has 6 heteroatoms. The minimum Gasteiger partial charge on any atom is -0.324 e. The molecule has 0 bridgehead atoms. The number of alkyl halides is 3. The van der Waals surface area contributed by atoms with Crippen molar-refractivity contribution in [3.8, 4) is 0 Å². The molecule has 20 heavy (non-hydrogen) atoms. The van der Waals surface area contributed by atoms with Gasteiger partial charge in [-0.25, -0.2) is 4.79 Å². The van der Waals surface area contributed by atoms with Crippen molar-refractivity contribution in [1.82, 2.24) is 4.90 Å². The summed E-state index contributed by atoms with van der Waals surface area (Å²) >= 11 is 0. The number of halogens is 3. The van der Waals surface area contributed by atoms with Gasteiger partial charge in [-0.1, -0.05) is 12.1 Å². The number of likely N-dealkylation sites (tertiary alicyclic amines) is 1. The van der Waals surface area contributed by atoms with Crippen molar-refractivity contribution in [1.29, 1.82) is 0 Å². The Morgan fingerprint density at radius 2 is 2.15 bits per heavy atom. The average molecular weight is 286 g/mol. The highest BCUT2D eigenvalue weighted by atomic mass is 19.4. The first-order valence-electron chi connectivity index (χ1n) is 6.55. The standard InChI is InChI=1S/C14H17F3N2O/c1-10-4-2-6-12(8-10)18-13(20)19-7-3-5-11(9-19)14(15,16)17/h2,4,6,8,11H,3,5,7,9H2,1H3,(H,18,20). The molecule has 3 nitrogen and oxygen atoms in total. The number of rotatable bonds is 1. The fourth-order valence-corrected chi connectivity index (χ4v) is 2.35. The van der Waals surface area contributed by atoms with Gasteiger partial charge in [0, 0.05) is 18.8 Å². The largest absolute Gasteiger partial charge is 0.393 e. The minimum absolute atomic E-state index is 0.0950. The van der Waals surface area contributed by atoms with E-state index >= 15 is 0 Å². The van der Waals surface area contributed by atoms with E-state index in [4.69, 9.17) is 0 Å². The molecule has 1 aliphatic heterocycles. The zero-order chi connectivity index (χ0) is 14.8. The highest BCUT2D eigenvalue weighted by Crippen LogP contribution is 2.33. The zero-order valence-corrected chi connectivity index (χ0v) is 11.2. The van der Waals surface area contributed by atoms with Gasteiger partial charge in [0.15, 0.2) is 0 Å². The first kappa shape index (κ1) is 14.7. The van der Waals surface area contributed by atoms with Crippen LogP contribution in [0.2, 0.25) is 0 Å². The van der Waals surface area contributed by atoms with Crippen molar-refractivity contribution in [2.45, 2.75) is 25.9 Å². The normalized spacial score (nSPS) is 19.8. The van der Waals surface area contributed by atoms with Crippen LogP contribution in [0.3, 0.4) is 0 Å². The van der Waals surface area contributed by atoms with E-state index in [0.717, 1.165) is 5.56 Å². The summed E-state index contributed by atoms with van der Waals surface area (Å²) in [5.74, 6) is -1.42. The molecule has 1 fully saturated rings. The molecule has 1 N–H and O–H groups in total. The van der Waals surface area contributed by atoms with Crippen LogP contribution in [0.4, 0.5) is 23.7 Å². The Balaban J connectivity index is 1.99. The monoisotopic (exact) mass is 286 g/mol. The van der Waals surface area contributed by atoms with Crippen LogP contribution in [-0.2, 0) is 0 Å². The summed E-state index contributed by atoms with van der Waals surface area (Å²) in [6, 6.07) is 6.71. The fourth-order valence-electron chi connectivity index (χ4n) is 2.35. The van der Waals surface area contributed by atoms with Gasteiger partial charge in [0.2, 0.25) is 0 Å². The van der Waals surface area contributed by atoms with Gasteiger partial charge in [-0.3, -0.25) is 0 Å². The summed E-state index contributed by atoms with van der Waals surface area (Å²) in [5.41, 5.74) is 1.58. The van der Waals surface area contributed by atoms with E-state index in [9.17, 15) is 18.0 Å². The van der Waals surface area contributed by atoms with Gasteiger partial charge in [0.25, 0.3) is 0 Å². The number of nitrogens with zero attached hydrogens (tertiary/aromatic N) is 1. The molecule has 110 valence electrons. The quantitative estimate of drug-likeness (QED) is 0.836. The molecule has 0 aliphatic carbocycles. The summed E-state index contributed by atoms with van der Waals surface area (Å²) in [5, 5.41) is 2.64. The van der Waals surface area contributed by atoms with Crippen molar-refractivity contribution in [3.05, 3.63) is 29.8 Å². The lowest BCUT2D eigenvalue weighted by Gasteiger charge is -2.33. The molecule has 1 atom stereocenters. The predicted octanol–water partition coefficient (Wildman–Crippen LogP) is 3.80. The Bertz CT molecular complexity index is 488. The second kappa shape index (κ2) is 5.73. The van der Waals surface area contributed by atoms with Gasteiger partial charge in [-0.15, -0.1) is 0 Å². The minimum atomic E-state index is -4.23. The van der Waals surface area contributed by atoms with E-state index in [1.807, 2.05) is 13.0 Å². The van der Waals surface area contributed by atoms with Gasteiger partial charge >= 0.3 is 12.2 Å². The summed E-state index contributed by atoms with van der Waals surface area (Å²) in [4.78, 5) is 13.2. The average Bonchev–Trinajstić information content (AvgIpc) is 2.38. The van der Waals surface area contributed by atoms with Gasteiger partial charge in [0.1, 0.15) is 0 Å². The number of hydrogen-bond donors (Lipinski definition) is 1. The molecule has 0 saturated carbocycles. The molecule has 0 aromatic heterocycles. The number of aryl methyl sites for hydroxylation is 1.